The van der Waals surface area contributed by atoms with Crippen LogP contribution in [0.4, 0.5) is 5.69 Å². The highest BCUT2D eigenvalue weighted by Gasteiger charge is 2.33. The number of para-hydroxylation sites is 1. The summed E-state index contributed by atoms with van der Waals surface area (Å²) in [6.45, 7) is 1.84. The van der Waals surface area contributed by atoms with E-state index in [4.69, 9.17) is 5.26 Å². The molecule has 0 aliphatic carbocycles. The van der Waals surface area contributed by atoms with E-state index in [0.717, 1.165) is 4.90 Å². The minimum absolute atomic E-state index is 0.0981. The molecule has 0 bridgehead atoms. The summed E-state index contributed by atoms with van der Waals surface area (Å²) < 4.78 is 0. The number of amides is 2. The number of anilines is 1. The molecule has 4 heteroatoms. The summed E-state index contributed by atoms with van der Waals surface area (Å²) in [5, 5.41) is 9.05. The molecule has 1 aromatic carbocycles. The van der Waals surface area contributed by atoms with Crippen LogP contribution in [0.3, 0.4) is 0 Å². The van der Waals surface area contributed by atoms with Gasteiger partial charge in [0.1, 0.15) is 11.6 Å². The van der Waals surface area contributed by atoms with Crippen LogP contribution in [0.1, 0.15) is 19.8 Å². The second-order valence-electron chi connectivity index (χ2n) is 3.99. The fourth-order valence-electron chi connectivity index (χ4n) is 1.99. The fourth-order valence-corrected chi connectivity index (χ4v) is 1.99. The van der Waals surface area contributed by atoms with Crippen molar-refractivity contribution in [3.05, 3.63) is 41.5 Å². The van der Waals surface area contributed by atoms with Gasteiger partial charge in [-0.25, -0.2) is 4.90 Å². The van der Waals surface area contributed by atoms with E-state index in [1.165, 1.54) is 0 Å². The van der Waals surface area contributed by atoms with Crippen LogP contribution in [0.5, 0.6) is 0 Å². The van der Waals surface area contributed by atoms with Crippen molar-refractivity contribution in [2.75, 3.05) is 4.90 Å². The Kier molecular flexibility index (Phi) is 3.24. The molecule has 18 heavy (non-hydrogen) atoms. The van der Waals surface area contributed by atoms with E-state index in [9.17, 15) is 9.59 Å². The van der Waals surface area contributed by atoms with Crippen molar-refractivity contribution < 1.29 is 9.59 Å². The zero-order chi connectivity index (χ0) is 13.1. The molecule has 1 aliphatic rings. The lowest BCUT2D eigenvalue weighted by molar-refractivity contribution is -0.125. The average Bonchev–Trinajstić information content (AvgIpc) is 2.39. The summed E-state index contributed by atoms with van der Waals surface area (Å²) in [5.41, 5.74) is 1.23. The molecule has 2 rings (SSSR count). The number of hydrogen-bond acceptors (Lipinski definition) is 3. The van der Waals surface area contributed by atoms with Gasteiger partial charge >= 0.3 is 0 Å². The second-order valence-corrected chi connectivity index (χ2v) is 3.99. The average molecular weight is 240 g/mol. The highest BCUT2D eigenvalue weighted by atomic mass is 16.2. The van der Waals surface area contributed by atoms with Crippen molar-refractivity contribution in [3.63, 3.8) is 0 Å². The highest BCUT2D eigenvalue weighted by Crippen LogP contribution is 2.26. The van der Waals surface area contributed by atoms with E-state index in [-0.39, 0.29) is 17.9 Å². The van der Waals surface area contributed by atoms with Crippen LogP contribution in [0, 0.1) is 11.3 Å². The highest BCUT2D eigenvalue weighted by molar-refractivity contribution is 6.25. The normalized spacial score (nSPS) is 15.9. The maximum Gasteiger partial charge on any atom is 0.275 e. The van der Waals surface area contributed by atoms with Crippen molar-refractivity contribution in [2.24, 2.45) is 0 Å². The minimum atomic E-state index is -0.517. The Morgan fingerprint density at radius 3 is 2.50 bits per heavy atom. The molecule has 1 heterocycles. The Balaban J connectivity index is 2.48. The quantitative estimate of drug-likeness (QED) is 0.744. The predicted octanol–water partition coefficient (Wildman–Crippen LogP) is 2.18. The molecule has 90 valence electrons. The fraction of sp³-hybridized carbons (Fsp3) is 0.214. The number of rotatable bonds is 2. The zero-order valence-corrected chi connectivity index (χ0v) is 10.0. The van der Waals surface area contributed by atoms with E-state index in [1.54, 1.807) is 30.3 Å². The summed E-state index contributed by atoms with van der Waals surface area (Å²) in [6, 6.07) is 10.6. The molecule has 0 fully saturated rings. The van der Waals surface area contributed by atoms with Crippen molar-refractivity contribution >= 4 is 17.5 Å². The van der Waals surface area contributed by atoms with Crippen LogP contribution >= 0.6 is 0 Å². The first-order valence-corrected chi connectivity index (χ1v) is 5.73. The largest absolute Gasteiger partial charge is 0.275 e. The smallest absolute Gasteiger partial charge is 0.274 e. The molecular weight excluding hydrogens is 228 g/mol. The van der Waals surface area contributed by atoms with Crippen molar-refractivity contribution in [1.29, 1.82) is 5.26 Å². The lowest BCUT2D eigenvalue weighted by atomic mass is 9.97. The van der Waals surface area contributed by atoms with E-state index >= 15 is 0 Å². The van der Waals surface area contributed by atoms with Crippen LogP contribution in [-0.4, -0.2) is 11.8 Å². The summed E-state index contributed by atoms with van der Waals surface area (Å²) in [7, 11) is 0. The van der Waals surface area contributed by atoms with Gasteiger partial charge in [-0.3, -0.25) is 9.59 Å². The first kappa shape index (κ1) is 12.1. The predicted molar refractivity (Wildman–Crippen MR) is 66.5 cm³/mol. The summed E-state index contributed by atoms with van der Waals surface area (Å²) in [5.74, 6) is -0.793. The molecule has 2 amide bonds. The number of hydrogen-bond donors (Lipinski definition) is 0. The number of nitrogens with zero attached hydrogens (tertiary/aromatic N) is 2. The van der Waals surface area contributed by atoms with Gasteiger partial charge in [0.2, 0.25) is 5.91 Å². The Hall–Kier alpha value is -2.41. The van der Waals surface area contributed by atoms with E-state index < -0.39 is 5.91 Å². The zero-order valence-electron chi connectivity index (χ0n) is 10.0. The molecule has 0 saturated carbocycles. The third-order valence-corrected chi connectivity index (χ3v) is 2.94. The molecular formula is C14H12N2O2. The Bertz CT molecular complexity index is 567. The van der Waals surface area contributed by atoms with Gasteiger partial charge in [0.15, 0.2) is 0 Å². The lowest BCUT2D eigenvalue weighted by Crippen LogP contribution is -2.41. The number of carbonyl (C=O) groups excluding carboxylic acids is 2. The third kappa shape index (κ3) is 1.91. The lowest BCUT2D eigenvalue weighted by Gasteiger charge is -2.26. The Labute approximate surface area is 105 Å². The standard InChI is InChI=1S/C14H12N2O2/c1-2-10-8-13(17)16(14(18)12(10)9-15)11-6-4-3-5-7-11/h3-7H,2,8H2,1H3. The Morgan fingerprint density at radius 2 is 1.94 bits per heavy atom. The molecule has 0 aromatic heterocycles. The molecule has 1 aromatic rings. The van der Waals surface area contributed by atoms with Gasteiger partial charge in [-0.05, 0) is 24.1 Å². The SMILES string of the molecule is CCC1=C(C#N)C(=O)N(c2ccccc2)C(=O)C1. The van der Waals surface area contributed by atoms with Gasteiger partial charge in [0, 0.05) is 0 Å². The maximum absolute atomic E-state index is 12.2. The summed E-state index contributed by atoms with van der Waals surface area (Å²) in [4.78, 5) is 25.2. The van der Waals surface area contributed by atoms with E-state index in [0.29, 0.717) is 17.7 Å². The molecule has 0 saturated heterocycles. The topological polar surface area (TPSA) is 61.2 Å². The van der Waals surface area contributed by atoms with Gasteiger partial charge in [-0.1, -0.05) is 25.1 Å². The molecule has 0 spiro atoms. The maximum atomic E-state index is 12.2. The van der Waals surface area contributed by atoms with Crippen LogP contribution in [0.15, 0.2) is 41.5 Å². The van der Waals surface area contributed by atoms with Gasteiger partial charge in [0.05, 0.1) is 12.1 Å². The molecule has 0 N–H and O–H groups in total. The monoisotopic (exact) mass is 240 g/mol. The molecule has 0 unspecified atom stereocenters. The van der Waals surface area contributed by atoms with Crippen molar-refractivity contribution in [1.82, 2.24) is 0 Å². The van der Waals surface area contributed by atoms with Crippen LogP contribution in [0.25, 0.3) is 0 Å². The summed E-state index contributed by atoms with van der Waals surface area (Å²) in [6.07, 6.45) is 0.684. The third-order valence-electron chi connectivity index (χ3n) is 2.94. The van der Waals surface area contributed by atoms with Gasteiger partial charge in [0.25, 0.3) is 5.91 Å². The number of imide groups is 1. The van der Waals surface area contributed by atoms with E-state index in [1.807, 2.05) is 13.0 Å². The van der Waals surface area contributed by atoms with Crippen LogP contribution in [0.2, 0.25) is 0 Å². The van der Waals surface area contributed by atoms with Gasteiger partial charge in [-0.2, -0.15) is 5.26 Å². The van der Waals surface area contributed by atoms with Gasteiger partial charge < -0.3 is 0 Å². The first-order valence-electron chi connectivity index (χ1n) is 5.73. The van der Waals surface area contributed by atoms with E-state index in [2.05, 4.69) is 0 Å². The first-order chi connectivity index (χ1) is 8.69. The number of carbonyl (C=O) groups is 2. The minimum Gasteiger partial charge on any atom is -0.274 e. The molecule has 1 aliphatic heterocycles. The van der Waals surface area contributed by atoms with Crippen molar-refractivity contribution in [2.45, 2.75) is 19.8 Å². The number of benzene rings is 1. The number of nitriles is 1. The Morgan fingerprint density at radius 1 is 1.28 bits per heavy atom. The van der Waals surface area contributed by atoms with Crippen LogP contribution < -0.4 is 4.90 Å². The molecule has 0 atom stereocenters. The van der Waals surface area contributed by atoms with Crippen LogP contribution in [-0.2, 0) is 9.59 Å². The van der Waals surface area contributed by atoms with Gasteiger partial charge in [-0.15, -0.1) is 0 Å². The molecule has 4 nitrogen and oxygen atoms in total. The van der Waals surface area contributed by atoms with Crippen molar-refractivity contribution in [3.8, 4) is 6.07 Å². The molecule has 0 radical (unpaired) electrons. The summed E-state index contributed by atoms with van der Waals surface area (Å²) >= 11 is 0. The second kappa shape index (κ2) is 4.84.